The molecule has 0 atom stereocenters. The molecular formula is C4H6O3. The van der Waals surface area contributed by atoms with Crippen LogP contribution in [0.15, 0.2) is 12.2 Å². The van der Waals surface area contributed by atoms with E-state index < -0.39 is 5.97 Å². The molecule has 0 rings (SSSR count). The van der Waals surface area contributed by atoms with Crippen LogP contribution in [0.25, 0.3) is 0 Å². The van der Waals surface area contributed by atoms with E-state index in [-0.39, 0.29) is 0 Å². The highest BCUT2D eigenvalue weighted by atomic mass is 17.1. The minimum atomic E-state index is -0.748. The molecule has 0 aromatic rings. The maximum atomic E-state index is 9.85. The van der Waals surface area contributed by atoms with Gasteiger partial charge in [-0.1, -0.05) is 6.08 Å². The first-order valence-electron chi connectivity index (χ1n) is 1.79. The van der Waals surface area contributed by atoms with Crippen molar-refractivity contribution in [1.29, 1.82) is 0 Å². The Kier molecular flexibility index (Phi) is 2.96. The van der Waals surface area contributed by atoms with Crippen molar-refractivity contribution in [3.05, 3.63) is 12.2 Å². The lowest BCUT2D eigenvalue weighted by atomic mass is 10.5. The fourth-order valence-electron chi connectivity index (χ4n) is 0.167. The van der Waals surface area contributed by atoms with Crippen molar-refractivity contribution in [3.8, 4) is 0 Å². The summed E-state index contributed by atoms with van der Waals surface area (Å²) in [6.45, 7) is 1.65. The van der Waals surface area contributed by atoms with Crippen molar-refractivity contribution in [2.75, 3.05) is 0 Å². The number of hydrogen-bond acceptors (Lipinski definition) is 3. The van der Waals surface area contributed by atoms with Gasteiger partial charge in [0, 0.05) is 6.08 Å². The Balaban J connectivity index is 3.37. The summed E-state index contributed by atoms with van der Waals surface area (Å²) >= 11 is 0. The normalized spacial score (nSPS) is 9.43. The first-order chi connectivity index (χ1) is 3.31. The van der Waals surface area contributed by atoms with Gasteiger partial charge in [0.05, 0.1) is 0 Å². The van der Waals surface area contributed by atoms with E-state index >= 15 is 0 Å². The van der Waals surface area contributed by atoms with E-state index in [4.69, 9.17) is 5.26 Å². The van der Waals surface area contributed by atoms with E-state index in [1.165, 1.54) is 6.08 Å². The predicted octanol–water partition coefficient (Wildman–Crippen LogP) is 0.579. The van der Waals surface area contributed by atoms with Crippen LogP contribution in [0.5, 0.6) is 0 Å². The summed E-state index contributed by atoms with van der Waals surface area (Å²) in [7, 11) is 0. The third-order valence-corrected chi connectivity index (χ3v) is 0.393. The van der Waals surface area contributed by atoms with E-state index in [1.54, 1.807) is 6.92 Å². The van der Waals surface area contributed by atoms with Gasteiger partial charge in [0.1, 0.15) is 0 Å². The molecule has 0 aliphatic rings. The maximum absolute atomic E-state index is 9.85. The highest BCUT2D eigenvalue weighted by Gasteiger charge is 1.87. The molecule has 0 bridgehead atoms. The number of allylic oxidation sites excluding steroid dienone is 1. The Morgan fingerprint density at radius 2 is 2.43 bits per heavy atom. The van der Waals surface area contributed by atoms with Crippen LogP contribution in [0, 0.1) is 0 Å². The van der Waals surface area contributed by atoms with E-state index in [1.807, 2.05) is 0 Å². The molecule has 0 unspecified atom stereocenters. The van der Waals surface area contributed by atoms with Crippen molar-refractivity contribution in [3.63, 3.8) is 0 Å². The molecule has 1 N–H and O–H groups in total. The summed E-state index contributed by atoms with van der Waals surface area (Å²) < 4.78 is 0. The van der Waals surface area contributed by atoms with Crippen LogP contribution in [0.2, 0.25) is 0 Å². The monoisotopic (exact) mass is 102 g/mol. The van der Waals surface area contributed by atoms with Gasteiger partial charge < -0.3 is 0 Å². The van der Waals surface area contributed by atoms with Crippen LogP contribution in [0.3, 0.4) is 0 Å². The molecule has 0 aliphatic carbocycles. The molecule has 7 heavy (non-hydrogen) atoms. The third-order valence-electron chi connectivity index (χ3n) is 0.393. The Hall–Kier alpha value is -0.830. The van der Waals surface area contributed by atoms with Crippen molar-refractivity contribution in [2.45, 2.75) is 6.92 Å². The summed E-state index contributed by atoms with van der Waals surface area (Å²) in [6, 6.07) is 0. The molecule has 0 aromatic carbocycles. The Morgan fingerprint density at radius 3 is 2.57 bits per heavy atom. The SMILES string of the molecule is CC=CC(=O)OO. The Bertz CT molecular complexity index is 84.9. The topological polar surface area (TPSA) is 46.5 Å². The van der Waals surface area contributed by atoms with Gasteiger partial charge in [0.25, 0.3) is 0 Å². The summed E-state index contributed by atoms with van der Waals surface area (Å²) in [6.07, 6.45) is 2.58. The quantitative estimate of drug-likeness (QED) is 0.299. The smallest absolute Gasteiger partial charge is 0.296 e. The highest BCUT2D eigenvalue weighted by Crippen LogP contribution is 1.73. The first kappa shape index (κ1) is 6.17. The molecular weight excluding hydrogens is 96.0 g/mol. The predicted molar refractivity (Wildman–Crippen MR) is 23.5 cm³/mol. The largest absolute Gasteiger partial charge is 0.365 e. The van der Waals surface area contributed by atoms with Gasteiger partial charge in [-0.3, -0.25) is 4.89 Å². The summed E-state index contributed by atoms with van der Waals surface area (Å²) in [5.74, 6) is -0.748. The van der Waals surface area contributed by atoms with E-state index in [9.17, 15) is 4.79 Å². The molecule has 0 aliphatic heterocycles. The summed E-state index contributed by atoms with van der Waals surface area (Å²) in [5.41, 5.74) is 0. The number of rotatable bonds is 1. The van der Waals surface area contributed by atoms with Gasteiger partial charge in [-0.15, -0.1) is 0 Å². The zero-order valence-corrected chi connectivity index (χ0v) is 3.92. The molecule has 0 radical (unpaired) electrons. The van der Waals surface area contributed by atoms with Crippen LogP contribution in [-0.2, 0) is 9.68 Å². The van der Waals surface area contributed by atoms with Crippen molar-refractivity contribution in [1.82, 2.24) is 0 Å². The second kappa shape index (κ2) is 3.36. The zero-order valence-electron chi connectivity index (χ0n) is 3.92. The van der Waals surface area contributed by atoms with Crippen LogP contribution in [0.1, 0.15) is 6.92 Å². The number of hydrogen-bond donors (Lipinski definition) is 1. The summed E-state index contributed by atoms with van der Waals surface area (Å²) in [5, 5.41) is 7.57. The van der Waals surface area contributed by atoms with Gasteiger partial charge >= 0.3 is 5.97 Å². The summed E-state index contributed by atoms with van der Waals surface area (Å²) in [4.78, 5) is 13.1. The molecule has 0 heterocycles. The van der Waals surface area contributed by atoms with E-state index in [0.717, 1.165) is 6.08 Å². The van der Waals surface area contributed by atoms with E-state index in [2.05, 4.69) is 4.89 Å². The number of carbonyl (C=O) groups is 1. The second-order valence-electron chi connectivity index (χ2n) is 0.910. The molecule has 3 heteroatoms. The van der Waals surface area contributed by atoms with Crippen molar-refractivity contribution in [2.24, 2.45) is 0 Å². The fraction of sp³-hybridized carbons (Fsp3) is 0.250. The molecule has 0 saturated carbocycles. The lowest BCUT2D eigenvalue weighted by molar-refractivity contribution is -0.228. The molecule has 0 fully saturated rings. The molecule has 0 aromatic heterocycles. The van der Waals surface area contributed by atoms with Crippen LogP contribution < -0.4 is 0 Å². The average molecular weight is 102 g/mol. The lowest BCUT2D eigenvalue weighted by Crippen LogP contribution is -1.93. The first-order valence-corrected chi connectivity index (χ1v) is 1.79. The Morgan fingerprint density at radius 1 is 1.86 bits per heavy atom. The zero-order chi connectivity index (χ0) is 5.70. The average Bonchev–Trinajstić information content (AvgIpc) is 1.68. The van der Waals surface area contributed by atoms with Gasteiger partial charge in [-0.05, 0) is 6.92 Å². The van der Waals surface area contributed by atoms with Gasteiger partial charge in [-0.25, -0.2) is 4.79 Å². The minimum Gasteiger partial charge on any atom is -0.296 e. The lowest BCUT2D eigenvalue weighted by Gasteiger charge is -1.80. The van der Waals surface area contributed by atoms with Crippen LogP contribution >= 0.6 is 0 Å². The molecule has 0 saturated heterocycles. The molecule has 3 nitrogen and oxygen atoms in total. The van der Waals surface area contributed by atoms with Gasteiger partial charge in [0.2, 0.25) is 0 Å². The van der Waals surface area contributed by atoms with Crippen LogP contribution in [0.4, 0.5) is 0 Å². The van der Waals surface area contributed by atoms with Gasteiger partial charge in [0.15, 0.2) is 0 Å². The number of carbonyl (C=O) groups excluding carboxylic acids is 1. The maximum Gasteiger partial charge on any atom is 0.365 e. The second-order valence-corrected chi connectivity index (χ2v) is 0.910. The van der Waals surface area contributed by atoms with Crippen molar-refractivity contribution >= 4 is 5.97 Å². The van der Waals surface area contributed by atoms with Crippen molar-refractivity contribution < 1.29 is 14.9 Å². The molecule has 40 valence electrons. The fourth-order valence-corrected chi connectivity index (χ4v) is 0.167. The highest BCUT2D eigenvalue weighted by molar-refractivity contribution is 5.81. The minimum absolute atomic E-state index is 0.748. The van der Waals surface area contributed by atoms with Crippen LogP contribution in [-0.4, -0.2) is 11.2 Å². The molecule has 0 amide bonds. The standard InChI is InChI=1S/C4H6O3/c1-2-3-4(5)7-6/h2-3,6H,1H3. The molecule has 0 spiro atoms. The third kappa shape index (κ3) is 2.99. The Labute approximate surface area is 41.1 Å². The van der Waals surface area contributed by atoms with Gasteiger partial charge in [-0.2, -0.15) is 5.26 Å². The van der Waals surface area contributed by atoms with E-state index in [0.29, 0.717) is 0 Å².